The van der Waals surface area contributed by atoms with Gasteiger partial charge in [-0.15, -0.1) is 0 Å². The summed E-state index contributed by atoms with van der Waals surface area (Å²) in [5.41, 5.74) is 0.536. The fraction of sp³-hybridized carbons (Fsp3) is 0.0588. The molecule has 0 saturated carbocycles. The smallest absolute Gasteiger partial charge is 0.269 e. The van der Waals surface area contributed by atoms with Crippen molar-refractivity contribution in [2.24, 2.45) is 0 Å². The number of non-ortho nitro benzene ring substituents is 1. The molecule has 0 aromatic heterocycles. The molecular formula is C17H14N2O5S. The maximum Gasteiger partial charge on any atom is 0.269 e. The molecule has 8 heteroatoms. The second-order valence-corrected chi connectivity index (χ2v) is 7.11. The summed E-state index contributed by atoms with van der Waals surface area (Å²) in [4.78, 5) is 10.2. The number of nitro groups is 1. The number of hydrogen-bond acceptors (Lipinski definition) is 5. The average molecular weight is 358 g/mol. The van der Waals surface area contributed by atoms with Gasteiger partial charge in [0, 0.05) is 29.4 Å². The second-order valence-electron chi connectivity index (χ2n) is 5.38. The summed E-state index contributed by atoms with van der Waals surface area (Å²) in [6.45, 7) is -0.00443. The zero-order valence-electron chi connectivity index (χ0n) is 12.9. The topological polar surface area (TPSA) is 110 Å². The number of sulfonamides is 1. The summed E-state index contributed by atoms with van der Waals surface area (Å²) in [6, 6.07) is 15.0. The van der Waals surface area contributed by atoms with Crippen LogP contribution in [0, 0.1) is 10.1 Å². The predicted octanol–water partition coefficient (Wildman–Crippen LogP) is 2.93. The first-order chi connectivity index (χ1) is 11.9. The van der Waals surface area contributed by atoms with Gasteiger partial charge in [0.05, 0.1) is 9.82 Å². The molecule has 3 rings (SSSR count). The van der Waals surface area contributed by atoms with E-state index in [-0.39, 0.29) is 22.9 Å². The number of benzene rings is 3. The molecule has 0 unspecified atom stereocenters. The number of fused-ring (bicyclic) bond motifs is 1. The van der Waals surface area contributed by atoms with Gasteiger partial charge in [-0.25, -0.2) is 13.1 Å². The van der Waals surface area contributed by atoms with Crippen LogP contribution in [0.2, 0.25) is 0 Å². The van der Waals surface area contributed by atoms with Crippen LogP contribution in [0.4, 0.5) is 5.69 Å². The highest BCUT2D eigenvalue weighted by atomic mass is 32.2. The molecule has 0 fully saturated rings. The van der Waals surface area contributed by atoms with Crippen molar-refractivity contribution in [1.29, 1.82) is 0 Å². The third-order valence-corrected chi connectivity index (χ3v) is 5.22. The van der Waals surface area contributed by atoms with Gasteiger partial charge in [0.2, 0.25) is 10.0 Å². The van der Waals surface area contributed by atoms with Gasteiger partial charge in [-0.05, 0) is 17.7 Å². The van der Waals surface area contributed by atoms with Gasteiger partial charge < -0.3 is 5.11 Å². The van der Waals surface area contributed by atoms with Crippen molar-refractivity contribution in [2.75, 3.05) is 0 Å². The highest BCUT2D eigenvalue weighted by molar-refractivity contribution is 7.89. The maximum atomic E-state index is 12.6. The number of rotatable bonds is 5. The molecular weight excluding hydrogens is 344 g/mol. The van der Waals surface area contributed by atoms with Gasteiger partial charge in [-0.3, -0.25) is 10.1 Å². The van der Waals surface area contributed by atoms with Crippen LogP contribution in [0.1, 0.15) is 5.56 Å². The maximum absolute atomic E-state index is 12.6. The fourth-order valence-corrected chi connectivity index (χ4v) is 3.73. The van der Waals surface area contributed by atoms with Gasteiger partial charge >= 0.3 is 0 Å². The number of phenols is 1. The zero-order chi connectivity index (χ0) is 18.0. The number of nitrogens with zero attached hydrogens (tertiary/aromatic N) is 1. The molecule has 7 nitrogen and oxygen atoms in total. The molecule has 0 radical (unpaired) electrons. The summed E-state index contributed by atoms with van der Waals surface area (Å²) in [5, 5.41) is 21.4. The third-order valence-electron chi connectivity index (χ3n) is 3.76. The molecule has 2 N–H and O–H groups in total. The van der Waals surface area contributed by atoms with Crippen LogP contribution in [-0.4, -0.2) is 18.4 Å². The summed E-state index contributed by atoms with van der Waals surface area (Å²) >= 11 is 0. The monoisotopic (exact) mass is 358 g/mol. The molecule has 0 amide bonds. The van der Waals surface area contributed by atoms with Gasteiger partial charge in [0.15, 0.2) is 0 Å². The van der Waals surface area contributed by atoms with Crippen molar-refractivity contribution in [1.82, 2.24) is 4.72 Å². The van der Waals surface area contributed by atoms with E-state index in [4.69, 9.17) is 0 Å². The molecule has 0 bridgehead atoms. The minimum atomic E-state index is -3.82. The molecule has 0 aliphatic rings. The Morgan fingerprint density at radius 1 is 0.960 bits per heavy atom. The highest BCUT2D eigenvalue weighted by Crippen LogP contribution is 2.29. The van der Waals surface area contributed by atoms with E-state index in [1.807, 2.05) is 0 Å². The molecule has 0 aliphatic heterocycles. The van der Waals surface area contributed by atoms with E-state index in [1.54, 1.807) is 24.3 Å². The molecule has 0 atom stereocenters. The summed E-state index contributed by atoms with van der Waals surface area (Å²) in [6.07, 6.45) is 0. The lowest BCUT2D eigenvalue weighted by Gasteiger charge is -2.10. The lowest BCUT2D eigenvalue weighted by atomic mass is 10.1. The zero-order valence-corrected chi connectivity index (χ0v) is 13.7. The Morgan fingerprint density at radius 3 is 2.28 bits per heavy atom. The first-order valence-corrected chi connectivity index (χ1v) is 8.80. The van der Waals surface area contributed by atoms with E-state index in [1.165, 1.54) is 36.4 Å². The van der Waals surface area contributed by atoms with Gasteiger partial charge in [-0.1, -0.05) is 36.4 Å². The number of aromatic hydroxyl groups is 1. The van der Waals surface area contributed by atoms with Crippen molar-refractivity contribution in [3.05, 3.63) is 76.3 Å². The van der Waals surface area contributed by atoms with Crippen molar-refractivity contribution < 1.29 is 18.4 Å². The molecule has 0 spiro atoms. The Hall–Kier alpha value is -2.97. The van der Waals surface area contributed by atoms with E-state index in [9.17, 15) is 23.6 Å². The van der Waals surface area contributed by atoms with E-state index < -0.39 is 14.9 Å². The SMILES string of the molecule is O=[N+]([O-])c1ccc(CNS(=O)(=O)c2cccc3c(O)cccc23)cc1. The third kappa shape index (κ3) is 3.44. The van der Waals surface area contributed by atoms with E-state index in [0.29, 0.717) is 16.3 Å². The van der Waals surface area contributed by atoms with E-state index >= 15 is 0 Å². The van der Waals surface area contributed by atoms with Crippen molar-refractivity contribution in [2.45, 2.75) is 11.4 Å². The molecule has 3 aromatic rings. The number of nitrogens with one attached hydrogen (secondary N) is 1. The van der Waals surface area contributed by atoms with Crippen molar-refractivity contribution >= 4 is 26.5 Å². The van der Waals surface area contributed by atoms with E-state index in [0.717, 1.165) is 0 Å². The molecule has 0 saturated heterocycles. The first-order valence-electron chi connectivity index (χ1n) is 7.32. The number of hydrogen-bond donors (Lipinski definition) is 2. The average Bonchev–Trinajstić information content (AvgIpc) is 2.60. The summed E-state index contributed by atoms with van der Waals surface area (Å²) in [5.74, 6) is 0.00455. The lowest BCUT2D eigenvalue weighted by Crippen LogP contribution is -2.23. The molecule has 0 heterocycles. The molecule has 0 aliphatic carbocycles. The van der Waals surface area contributed by atoms with Gasteiger partial charge in [0.25, 0.3) is 5.69 Å². The standard InChI is InChI=1S/C17H14N2O5S/c20-16-5-1-4-15-14(16)3-2-6-17(15)25(23,24)18-11-12-7-9-13(10-8-12)19(21)22/h1-10,18,20H,11H2. The van der Waals surface area contributed by atoms with Crippen LogP contribution in [0.25, 0.3) is 10.8 Å². The summed E-state index contributed by atoms with van der Waals surface area (Å²) in [7, 11) is -3.82. The van der Waals surface area contributed by atoms with Crippen LogP contribution in [-0.2, 0) is 16.6 Å². The highest BCUT2D eigenvalue weighted by Gasteiger charge is 2.18. The van der Waals surface area contributed by atoms with Crippen LogP contribution in [0.15, 0.2) is 65.6 Å². The Kier molecular flexibility index (Phi) is 4.39. The predicted molar refractivity (Wildman–Crippen MR) is 92.7 cm³/mol. The quantitative estimate of drug-likeness (QED) is 0.538. The minimum Gasteiger partial charge on any atom is -0.507 e. The van der Waals surface area contributed by atoms with Gasteiger partial charge in [0.1, 0.15) is 5.75 Å². The lowest BCUT2D eigenvalue weighted by molar-refractivity contribution is -0.384. The Labute approximate surface area is 143 Å². The Morgan fingerprint density at radius 2 is 1.60 bits per heavy atom. The molecule has 3 aromatic carbocycles. The Balaban J connectivity index is 1.88. The number of nitro benzene ring substituents is 1. The van der Waals surface area contributed by atoms with Crippen molar-refractivity contribution in [3.63, 3.8) is 0 Å². The van der Waals surface area contributed by atoms with Crippen LogP contribution in [0.3, 0.4) is 0 Å². The molecule has 25 heavy (non-hydrogen) atoms. The fourth-order valence-electron chi connectivity index (χ4n) is 2.49. The normalized spacial score (nSPS) is 11.5. The minimum absolute atomic E-state index is 0.00443. The van der Waals surface area contributed by atoms with Crippen LogP contribution in [0.5, 0.6) is 5.75 Å². The Bertz CT molecular complexity index is 1050. The second kappa shape index (κ2) is 6.50. The van der Waals surface area contributed by atoms with Gasteiger partial charge in [-0.2, -0.15) is 0 Å². The van der Waals surface area contributed by atoms with Crippen LogP contribution >= 0.6 is 0 Å². The number of phenolic OH excluding ortho intramolecular Hbond substituents is 1. The van der Waals surface area contributed by atoms with Crippen molar-refractivity contribution in [3.8, 4) is 5.75 Å². The molecule has 128 valence electrons. The summed E-state index contributed by atoms with van der Waals surface area (Å²) < 4.78 is 27.7. The van der Waals surface area contributed by atoms with E-state index in [2.05, 4.69) is 4.72 Å². The first kappa shape index (κ1) is 16.9. The largest absolute Gasteiger partial charge is 0.507 e. The van der Waals surface area contributed by atoms with Crippen LogP contribution < -0.4 is 4.72 Å².